The van der Waals surface area contributed by atoms with Crippen LogP contribution in [0.15, 0.2) is 43.0 Å². The Bertz CT molecular complexity index is 711. The van der Waals surface area contributed by atoms with Gasteiger partial charge in [-0.25, -0.2) is 14.4 Å². The molecule has 0 radical (unpaired) electrons. The van der Waals surface area contributed by atoms with Crippen LogP contribution in [0.3, 0.4) is 0 Å². The van der Waals surface area contributed by atoms with E-state index in [0.717, 1.165) is 27.7 Å². The van der Waals surface area contributed by atoms with E-state index >= 15 is 0 Å². The molecule has 4 heteroatoms. The highest BCUT2D eigenvalue weighted by Crippen LogP contribution is 2.28. The van der Waals surface area contributed by atoms with Crippen molar-refractivity contribution in [1.82, 2.24) is 15.0 Å². The predicted octanol–water partition coefficient (Wildman–Crippen LogP) is 3.14. The number of fused-ring (bicyclic) bond motifs is 1. The predicted molar refractivity (Wildman–Crippen MR) is 67.5 cm³/mol. The van der Waals surface area contributed by atoms with E-state index in [2.05, 4.69) is 15.0 Å². The highest BCUT2D eigenvalue weighted by atomic mass is 19.1. The lowest BCUT2D eigenvalue weighted by molar-refractivity contribution is 0.629. The smallest absolute Gasteiger partial charge is 0.123 e. The molecule has 3 aromatic rings. The second-order valence-corrected chi connectivity index (χ2v) is 4.10. The molecule has 0 N–H and O–H groups in total. The van der Waals surface area contributed by atoms with Crippen molar-refractivity contribution in [3.8, 4) is 11.1 Å². The molecule has 2 aromatic heterocycles. The third-order valence-corrected chi connectivity index (χ3v) is 2.77. The van der Waals surface area contributed by atoms with Crippen LogP contribution in [0.2, 0.25) is 0 Å². The SMILES string of the molecule is Cc1cc(-c2cncnc2)c2cc(F)ccc2n1. The summed E-state index contributed by atoms with van der Waals surface area (Å²) in [5.41, 5.74) is 3.42. The zero-order valence-corrected chi connectivity index (χ0v) is 9.76. The molecule has 88 valence electrons. The van der Waals surface area contributed by atoms with Crippen LogP contribution in [0.5, 0.6) is 0 Å². The van der Waals surface area contributed by atoms with Gasteiger partial charge in [0.05, 0.1) is 5.52 Å². The molecule has 0 aliphatic heterocycles. The molecule has 0 bridgehead atoms. The molecule has 0 unspecified atom stereocenters. The molecule has 3 rings (SSSR count). The Morgan fingerprint density at radius 3 is 2.61 bits per heavy atom. The van der Waals surface area contributed by atoms with E-state index < -0.39 is 0 Å². The monoisotopic (exact) mass is 239 g/mol. The van der Waals surface area contributed by atoms with E-state index in [-0.39, 0.29) is 5.82 Å². The Kier molecular flexibility index (Phi) is 2.48. The van der Waals surface area contributed by atoms with Gasteiger partial charge in [-0.05, 0) is 36.8 Å². The van der Waals surface area contributed by atoms with Gasteiger partial charge in [-0.2, -0.15) is 0 Å². The van der Waals surface area contributed by atoms with Crippen molar-refractivity contribution in [3.63, 3.8) is 0 Å². The van der Waals surface area contributed by atoms with Gasteiger partial charge in [0, 0.05) is 29.0 Å². The number of hydrogen-bond donors (Lipinski definition) is 0. The summed E-state index contributed by atoms with van der Waals surface area (Å²) in [5, 5.41) is 0.774. The molecule has 1 aromatic carbocycles. The summed E-state index contributed by atoms with van der Waals surface area (Å²) < 4.78 is 13.4. The first-order chi connectivity index (χ1) is 8.74. The summed E-state index contributed by atoms with van der Waals surface area (Å²) in [6, 6.07) is 6.51. The molecule has 18 heavy (non-hydrogen) atoms. The van der Waals surface area contributed by atoms with Crippen LogP contribution in [0.25, 0.3) is 22.0 Å². The van der Waals surface area contributed by atoms with Crippen LogP contribution < -0.4 is 0 Å². The molecular weight excluding hydrogens is 229 g/mol. The first-order valence-electron chi connectivity index (χ1n) is 5.56. The minimum Gasteiger partial charge on any atom is -0.253 e. The number of pyridine rings is 1. The zero-order valence-electron chi connectivity index (χ0n) is 9.76. The fraction of sp³-hybridized carbons (Fsp3) is 0.0714. The first kappa shape index (κ1) is 10.8. The van der Waals surface area contributed by atoms with E-state index in [1.165, 1.54) is 18.5 Å². The topological polar surface area (TPSA) is 38.7 Å². The van der Waals surface area contributed by atoms with E-state index in [1.54, 1.807) is 18.5 Å². The fourth-order valence-electron chi connectivity index (χ4n) is 2.01. The summed E-state index contributed by atoms with van der Waals surface area (Å²) >= 11 is 0. The van der Waals surface area contributed by atoms with Crippen molar-refractivity contribution in [2.45, 2.75) is 6.92 Å². The maximum atomic E-state index is 13.4. The van der Waals surface area contributed by atoms with E-state index in [9.17, 15) is 4.39 Å². The highest BCUT2D eigenvalue weighted by Gasteiger charge is 2.07. The second-order valence-electron chi connectivity index (χ2n) is 4.10. The summed E-state index contributed by atoms with van der Waals surface area (Å²) in [5.74, 6) is -0.272. The lowest BCUT2D eigenvalue weighted by Gasteiger charge is -2.07. The van der Waals surface area contributed by atoms with Crippen molar-refractivity contribution in [3.05, 3.63) is 54.5 Å². The van der Waals surface area contributed by atoms with Gasteiger partial charge < -0.3 is 0 Å². The Morgan fingerprint density at radius 1 is 1.06 bits per heavy atom. The standard InChI is InChI=1S/C14H10FN3/c1-9-4-12(10-6-16-8-17-7-10)13-5-11(15)2-3-14(13)18-9/h2-8H,1H3. The van der Waals surface area contributed by atoms with E-state index in [0.29, 0.717) is 0 Å². The van der Waals surface area contributed by atoms with Crippen LogP contribution in [0, 0.1) is 12.7 Å². The normalized spacial score (nSPS) is 10.8. The van der Waals surface area contributed by atoms with Crippen molar-refractivity contribution in [1.29, 1.82) is 0 Å². The summed E-state index contributed by atoms with van der Waals surface area (Å²) in [4.78, 5) is 12.4. The number of halogens is 1. The number of aryl methyl sites for hydroxylation is 1. The average molecular weight is 239 g/mol. The van der Waals surface area contributed by atoms with Gasteiger partial charge >= 0.3 is 0 Å². The average Bonchev–Trinajstić information content (AvgIpc) is 2.39. The molecule has 0 aliphatic rings. The molecule has 0 spiro atoms. The Hall–Kier alpha value is -2.36. The quantitative estimate of drug-likeness (QED) is 0.654. The zero-order chi connectivity index (χ0) is 12.5. The first-order valence-corrected chi connectivity index (χ1v) is 5.56. The number of benzene rings is 1. The van der Waals surface area contributed by atoms with Crippen LogP contribution in [0.1, 0.15) is 5.69 Å². The van der Waals surface area contributed by atoms with Crippen molar-refractivity contribution in [2.24, 2.45) is 0 Å². The van der Waals surface area contributed by atoms with Gasteiger partial charge in [-0.1, -0.05) is 0 Å². The Morgan fingerprint density at radius 2 is 1.83 bits per heavy atom. The molecule has 0 saturated carbocycles. The lowest BCUT2D eigenvalue weighted by Crippen LogP contribution is -1.90. The fourth-order valence-corrected chi connectivity index (χ4v) is 2.01. The van der Waals surface area contributed by atoms with Gasteiger partial charge in [0.25, 0.3) is 0 Å². The number of rotatable bonds is 1. The van der Waals surface area contributed by atoms with E-state index in [4.69, 9.17) is 0 Å². The van der Waals surface area contributed by atoms with Gasteiger partial charge in [-0.15, -0.1) is 0 Å². The van der Waals surface area contributed by atoms with Crippen LogP contribution in [-0.4, -0.2) is 15.0 Å². The summed E-state index contributed by atoms with van der Waals surface area (Å²) in [7, 11) is 0. The third-order valence-electron chi connectivity index (χ3n) is 2.77. The largest absolute Gasteiger partial charge is 0.253 e. The van der Waals surface area contributed by atoms with Crippen molar-refractivity contribution < 1.29 is 4.39 Å². The minimum absolute atomic E-state index is 0.272. The molecule has 0 fully saturated rings. The number of nitrogens with zero attached hydrogens (tertiary/aromatic N) is 3. The van der Waals surface area contributed by atoms with Crippen molar-refractivity contribution in [2.75, 3.05) is 0 Å². The van der Waals surface area contributed by atoms with E-state index in [1.807, 2.05) is 13.0 Å². The number of aromatic nitrogens is 3. The molecule has 0 atom stereocenters. The second kappa shape index (κ2) is 4.14. The van der Waals surface area contributed by atoms with Crippen LogP contribution in [0.4, 0.5) is 4.39 Å². The molecule has 0 aliphatic carbocycles. The molecule has 0 saturated heterocycles. The summed E-state index contributed by atoms with van der Waals surface area (Å²) in [6.07, 6.45) is 4.90. The van der Waals surface area contributed by atoms with Crippen LogP contribution >= 0.6 is 0 Å². The van der Waals surface area contributed by atoms with Crippen LogP contribution in [-0.2, 0) is 0 Å². The number of hydrogen-bond acceptors (Lipinski definition) is 3. The van der Waals surface area contributed by atoms with Gasteiger partial charge in [0.1, 0.15) is 12.1 Å². The minimum atomic E-state index is -0.272. The maximum Gasteiger partial charge on any atom is 0.123 e. The van der Waals surface area contributed by atoms with Gasteiger partial charge in [0.15, 0.2) is 0 Å². The maximum absolute atomic E-state index is 13.4. The lowest BCUT2D eigenvalue weighted by atomic mass is 10.0. The summed E-state index contributed by atoms with van der Waals surface area (Å²) in [6.45, 7) is 1.91. The third kappa shape index (κ3) is 1.82. The Labute approximate surface area is 103 Å². The van der Waals surface area contributed by atoms with Crippen molar-refractivity contribution >= 4 is 10.9 Å². The van der Waals surface area contributed by atoms with Gasteiger partial charge in [-0.3, -0.25) is 4.98 Å². The molecular formula is C14H10FN3. The Balaban J connectivity index is 2.37. The highest BCUT2D eigenvalue weighted by molar-refractivity contribution is 5.94. The van der Waals surface area contributed by atoms with Gasteiger partial charge in [0.2, 0.25) is 0 Å². The molecule has 2 heterocycles. The molecule has 0 amide bonds. The molecule has 3 nitrogen and oxygen atoms in total.